The van der Waals surface area contributed by atoms with E-state index in [1.54, 1.807) is 11.4 Å². The van der Waals surface area contributed by atoms with Gasteiger partial charge in [-0.25, -0.2) is 4.39 Å². The second kappa shape index (κ2) is 4.23. The molecule has 5 heteroatoms. The molecule has 0 fully saturated rings. The van der Waals surface area contributed by atoms with E-state index in [0.717, 1.165) is 18.3 Å². The first kappa shape index (κ1) is 10.7. The summed E-state index contributed by atoms with van der Waals surface area (Å²) in [7, 11) is 0. The summed E-state index contributed by atoms with van der Waals surface area (Å²) in [6.45, 7) is 0.935. The number of Topliss-reactive ketones (excluding diaryl/α,β-unsaturated/α-hetero) is 3. The van der Waals surface area contributed by atoms with Crippen molar-refractivity contribution >= 4 is 28.7 Å². The summed E-state index contributed by atoms with van der Waals surface area (Å²) in [4.78, 5) is 32.9. The Morgan fingerprint density at radius 2 is 2.07 bits per heavy atom. The van der Waals surface area contributed by atoms with E-state index in [2.05, 4.69) is 0 Å². The van der Waals surface area contributed by atoms with Crippen LogP contribution >= 0.6 is 11.3 Å². The molecule has 0 spiro atoms. The van der Waals surface area contributed by atoms with Crippen LogP contribution in [0.4, 0.5) is 4.39 Å². The van der Waals surface area contributed by atoms with Crippen LogP contribution < -0.4 is 0 Å². The van der Waals surface area contributed by atoms with Crippen LogP contribution in [-0.2, 0) is 9.59 Å². The number of halogens is 1. The zero-order valence-electron chi connectivity index (χ0n) is 7.32. The van der Waals surface area contributed by atoms with Gasteiger partial charge in [-0.05, 0) is 18.4 Å². The van der Waals surface area contributed by atoms with E-state index in [4.69, 9.17) is 0 Å². The number of hydrogen-bond acceptors (Lipinski definition) is 4. The molecule has 1 unspecified atom stereocenters. The highest BCUT2D eigenvalue weighted by atomic mass is 32.1. The quantitative estimate of drug-likeness (QED) is 0.433. The van der Waals surface area contributed by atoms with Crippen molar-refractivity contribution in [2.75, 3.05) is 0 Å². The number of thiophene rings is 1. The SMILES string of the molecule is CC(=O)C(F)C(=O)C(=O)c1cccs1. The maximum atomic E-state index is 12.8. The van der Waals surface area contributed by atoms with Crippen molar-refractivity contribution in [3.63, 3.8) is 0 Å². The first-order valence-electron chi connectivity index (χ1n) is 3.80. The van der Waals surface area contributed by atoms with E-state index in [9.17, 15) is 18.8 Å². The fourth-order valence-corrected chi connectivity index (χ4v) is 1.50. The number of rotatable bonds is 4. The molecule has 0 N–H and O–H groups in total. The van der Waals surface area contributed by atoms with E-state index in [0.29, 0.717) is 0 Å². The molecule has 1 atom stereocenters. The predicted molar refractivity (Wildman–Crippen MR) is 49.2 cm³/mol. The van der Waals surface area contributed by atoms with Crippen LogP contribution in [0.5, 0.6) is 0 Å². The summed E-state index contributed by atoms with van der Waals surface area (Å²) >= 11 is 1.04. The fourth-order valence-electron chi connectivity index (χ4n) is 0.829. The summed E-state index contributed by atoms with van der Waals surface area (Å²) in [5, 5.41) is 1.60. The summed E-state index contributed by atoms with van der Waals surface area (Å²) in [6.07, 6.45) is -2.33. The zero-order chi connectivity index (χ0) is 10.7. The molecule has 0 bridgehead atoms. The second-order valence-corrected chi connectivity index (χ2v) is 3.59. The summed E-state index contributed by atoms with van der Waals surface area (Å²) in [6, 6.07) is 2.99. The van der Waals surface area contributed by atoms with Crippen LogP contribution in [0, 0.1) is 0 Å². The lowest BCUT2D eigenvalue weighted by molar-refractivity contribution is -0.130. The average molecular weight is 214 g/mol. The van der Waals surface area contributed by atoms with Gasteiger partial charge >= 0.3 is 0 Å². The van der Waals surface area contributed by atoms with Gasteiger partial charge in [0.25, 0.3) is 0 Å². The third kappa shape index (κ3) is 2.11. The lowest BCUT2D eigenvalue weighted by Crippen LogP contribution is -2.30. The van der Waals surface area contributed by atoms with Gasteiger partial charge in [0.2, 0.25) is 17.7 Å². The van der Waals surface area contributed by atoms with E-state index >= 15 is 0 Å². The molecule has 0 radical (unpaired) electrons. The molecular formula is C9H7FO3S. The van der Waals surface area contributed by atoms with Crippen molar-refractivity contribution < 1.29 is 18.8 Å². The van der Waals surface area contributed by atoms with Crippen LogP contribution in [0.2, 0.25) is 0 Å². The Hall–Kier alpha value is -1.36. The van der Waals surface area contributed by atoms with Gasteiger partial charge in [0.1, 0.15) is 0 Å². The van der Waals surface area contributed by atoms with Gasteiger partial charge < -0.3 is 0 Å². The molecule has 1 aromatic heterocycles. The molecule has 1 rings (SSSR count). The third-order valence-electron chi connectivity index (χ3n) is 1.56. The van der Waals surface area contributed by atoms with Crippen molar-refractivity contribution in [1.29, 1.82) is 0 Å². The van der Waals surface area contributed by atoms with Crippen LogP contribution in [0.15, 0.2) is 17.5 Å². The normalized spacial score (nSPS) is 12.1. The van der Waals surface area contributed by atoms with Crippen molar-refractivity contribution in [2.45, 2.75) is 13.1 Å². The highest BCUT2D eigenvalue weighted by molar-refractivity contribution is 7.13. The van der Waals surface area contributed by atoms with Gasteiger partial charge in [-0.1, -0.05) is 6.07 Å². The van der Waals surface area contributed by atoms with E-state index < -0.39 is 23.5 Å². The van der Waals surface area contributed by atoms with Crippen LogP contribution in [0.25, 0.3) is 0 Å². The number of hydrogen-bond donors (Lipinski definition) is 0. The zero-order valence-corrected chi connectivity index (χ0v) is 8.14. The number of carbonyl (C=O) groups excluding carboxylic acids is 3. The van der Waals surface area contributed by atoms with Crippen LogP contribution in [0.1, 0.15) is 16.6 Å². The molecule has 1 aromatic rings. The molecule has 3 nitrogen and oxygen atoms in total. The number of alkyl halides is 1. The summed E-state index contributed by atoms with van der Waals surface area (Å²) in [5.41, 5.74) is 0. The Bertz CT molecular complexity index is 369. The minimum absolute atomic E-state index is 0.152. The molecule has 0 aliphatic carbocycles. The maximum Gasteiger partial charge on any atom is 0.245 e. The van der Waals surface area contributed by atoms with E-state index in [-0.39, 0.29) is 4.88 Å². The Kier molecular flexibility index (Phi) is 3.24. The lowest BCUT2D eigenvalue weighted by Gasteiger charge is -1.99. The van der Waals surface area contributed by atoms with Gasteiger partial charge in [-0.15, -0.1) is 11.3 Å². The lowest BCUT2D eigenvalue weighted by atomic mass is 10.1. The Morgan fingerprint density at radius 3 is 2.50 bits per heavy atom. The van der Waals surface area contributed by atoms with Crippen LogP contribution in [-0.4, -0.2) is 23.5 Å². The maximum absolute atomic E-state index is 12.8. The molecule has 0 saturated heterocycles. The van der Waals surface area contributed by atoms with Gasteiger partial charge in [-0.3, -0.25) is 14.4 Å². The van der Waals surface area contributed by atoms with E-state index in [1.165, 1.54) is 6.07 Å². The van der Waals surface area contributed by atoms with Crippen molar-refractivity contribution in [2.24, 2.45) is 0 Å². The monoisotopic (exact) mass is 214 g/mol. The molecule has 1 heterocycles. The van der Waals surface area contributed by atoms with Gasteiger partial charge in [0.05, 0.1) is 4.88 Å². The molecule has 0 aliphatic heterocycles. The first-order valence-corrected chi connectivity index (χ1v) is 4.68. The van der Waals surface area contributed by atoms with Gasteiger partial charge in [-0.2, -0.15) is 0 Å². The number of ketones is 3. The molecule has 0 saturated carbocycles. The third-order valence-corrected chi connectivity index (χ3v) is 2.42. The van der Waals surface area contributed by atoms with Gasteiger partial charge in [0, 0.05) is 0 Å². The van der Waals surface area contributed by atoms with Gasteiger partial charge in [0.15, 0.2) is 5.78 Å². The van der Waals surface area contributed by atoms with Crippen molar-refractivity contribution in [3.8, 4) is 0 Å². The number of carbonyl (C=O) groups is 3. The molecular weight excluding hydrogens is 207 g/mol. The van der Waals surface area contributed by atoms with Crippen molar-refractivity contribution in [3.05, 3.63) is 22.4 Å². The average Bonchev–Trinajstić information content (AvgIpc) is 2.67. The molecule has 0 amide bonds. The van der Waals surface area contributed by atoms with E-state index in [1.807, 2.05) is 0 Å². The largest absolute Gasteiger partial charge is 0.296 e. The van der Waals surface area contributed by atoms with Crippen molar-refractivity contribution in [1.82, 2.24) is 0 Å². The molecule has 14 heavy (non-hydrogen) atoms. The smallest absolute Gasteiger partial charge is 0.245 e. The Balaban J connectivity index is 2.81. The highest BCUT2D eigenvalue weighted by Crippen LogP contribution is 2.11. The minimum Gasteiger partial charge on any atom is -0.296 e. The molecule has 74 valence electrons. The molecule has 0 aromatic carbocycles. The fraction of sp³-hybridized carbons (Fsp3) is 0.222. The Morgan fingerprint density at radius 1 is 1.43 bits per heavy atom. The second-order valence-electron chi connectivity index (χ2n) is 2.64. The predicted octanol–water partition coefficient (Wildman–Crippen LogP) is 1.43. The topological polar surface area (TPSA) is 51.2 Å². The Labute approximate surface area is 83.5 Å². The summed E-state index contributed by atoms with van der Waals surface area (Å²) < 4.78 is 12.8. The standard InChI is InChI=1S/C9H7FO3S/c1-5(11)7(10)9(13)8(12)6-3-2-4-14-6/h2-4,7H,1H3. The van der Waals surface area contributed by atoms with Crippen LogP contribution in [0.3, 0.4) is 0 Å². The summed E-state index contributed by atoms with van der Waals surface area (Å²) in [5.74, 6) is -3.18. The molecule has 0 aliphatic rings. The first-order chi connectivity index (χ1) is 6.54. The highest BCUT2D eigenvalue weighted by Gasteiger charge is 2.29. The minimum atomic E-state index is -2.33.